The van der Waals surface area contributed by atoms with Crippen LogP contribution in [0.2, 0.25) is 0 Å². The van der Waals surface area contributed by atoms with Gasteiger partial charge in [-0.25, -0.2) is 9.97 Å². The molecular weight excluding hydrogens is 384 g/mol. The first-order valence-electron chi connectivity index (χ1n) is 9.01. The summed E-state index contributed by atoms with van der Waals surface area (Å²) in [5.74, 6) is 0.599. The number of Topliss-reactive ketones (excluding diaryl/α,β-unsaturated/α-hetero) is 1. The highest BCUT2D eigenvalue weighted by Gasteiger charge is 2.23. The van der Waals surface area contributed by atoms with Gasteiger partial charge in [0.2, 0.25) is 0 Å². The van der Waals surface area contributed by atoms with E-state index in [0.717, 1.165) is 26.7 Å². The summed E-state index contributed by atoms with van der Waals surface area (Å²) >= 11 is 1.45. The summed E-state index contributed by atoms with van der Waals surface area (Å²) < 4.78 is 0. The van der Waals surface area contributed by atoms with Crippen LogP contribution in [0.25, 0.3) is 27.5 Å². The monoisotopic (exact) mass is 403 g/mol. The molecule has 0 atom stereocenters. The summed E-state index contributed by atoms with van der Waals surface area (Å²) in [4.78, 5) is 21.8. The number of H-pyrrole nitrogens is 1. The molecule has 0 bridgehead atoms. The molecule has 1 aliphatic rings. The smallest absolute Gasteiger partial charge is 0.167 e. The minimum atomic E-state index is -0.00427. The predicted molar refractivity (Wildman–Crippen MR) is 113 cm³/mol. The molecule has 2 aromatic heterocycles. The average Bonchev–Trinajstić information content (AvgIpc) is 3.39. The summed E-state index contributed by atoms with van der Waals surface area (Å²) in [7, 11) is 0. The van der Waals surface area contributed by atoms with E-state index in [-0.39, 0.29) is 5.78 Å². The minimum absolute atomic E-state index is 0.00427. The van der Waals surface area contributed by atoms with Gasteiger partial charge in [-0.2, -0.15) is 5.10 Å². The first-order chi connectivity index (χ1) is 14.0. The summed E-state index contributed by atoms with van der Waals surface area (Å²) in [5, 5.41) is 17.9. The Labute approximate surface area is 171 Å². The number of allylic oxidation sites excluding steroid dienone is 4. The number of nitrogens with zero attached hydrogens (tertiary/aromatic N) is 3. The molecule has 1 aromatic carbocycles. The molecule has 0 amide bonds. The predicted octanol–water partition coefficient (Wildman–Crippen LogP) is 3.20. The molecule has 29 heavy (non-hydrogen) atoms. The second-order valence-corrected chi connectivity index (χ2v) is 7.53. The van der Waals surface area contributed by atoms with Gasteiger partial charge in [-0.3, -0.25) is 15.2 Å². The van der Waals surface area contributed by atoms with Crippen LogP contribution in [0, 0.1) is 5.41 Å². The Morgan fingerprint density at radius 3 is 2.76 bits per heavy atom. The summed E-state index contributed by atoms with van der Waals surface area (Å²) in [6, 6.07) is 7.39. The van der Waals surface area contributed by atoms with E-state index in [1.165, 1.54) is 17.7 Å². The number of aromatic nitrogens is 4. The van der Waals surface area contributed by atoms with Crippen molar-refractivity contribution in [1.29, 1.82) is 5.41 Å². The average molecular weight is 403 g/mol. The highest BCUT2D eigenvalue weighted by molar-refractivity contribution is 7.17. The lowest BCUT2D eigenvalue weighted by atomic mass is 10.0. The number of ketones is 1. The first-order valence-corrected chi connectivity index (χ1v) is 9.82. The second kappa shape index (κ2) is 7.86. The highest BCUT2D eigenvalue weighted by Crippen LogP contribution is 2.38. The van der Waals surface area contributed by atoms with Crippen LogP contribution < -0.4 is 5.32 Å². The third-order valence-electron chi connectivity index (χ3n) is 4.45. The van der Waals surface area contributed by atoms with Gasteiger partial charge < -0.3 is 5.41 Å². The topological polar surface area (TPSA) is 112 Å². The van der Waals surface area contributed by atoms with Crippen molar-refractivity contribution in [2.45, 2.75) is 13.8 Å². The van der Waals surface area contributed by atoms with Crippen molar-refractivity contribution in [2.75, 3.05) is 0 Å². The van der Waals surface area contributed by atoms with Gasteiger partial charge in [0.15, 0.2) is 11.6 Å². The van der Waals surface area contributed by atoms with Gasteiger partial charge in [-0.15, -0.1) is 11.3 Å². The number of thiazole rings is 1. The number of benzene rings is 1. The minimum Gasteiger partial charge on any atom is -0.305 e. The number of carbonyl (C=O) groups is 1. The third kappa shape index (κ3) is 3.75. The fraction of sp³-hybridized carbons (Fsp3) is 0.0952. The molecule has 0 saturated heterocycles. The summed E-state index contributed by atoms with van der Waals surface area (Å²) in [5.41, 5.74) is 4.28. The third-order valence-corrected chi connectivity index (χ3v) is 5.53. The van der Waals surface area contributed by atoms with E-state index in [9.17, 15) is 4.79 Å². The quantitative estimate of drug-likeness (QED) is 0.448. The number of aromatic amines is 1. The van der Waals surface area contributed by atoms with Gasteiger partial charge in [-0.1, -0.05) is 24.3 Å². The van der Waals surface area contributed by atoms with Crippen molar-refractivity contribution in [2.24, 2.45) is 0 Å². The Hall–Kier alpha value is -3.49. The number of carbonyl (C=O) groups excluding carboxylic acids is 1. The van der Waals surface area contributed by atoms with E-state index < -0.39 is 0 Å². The van der Waals surface area contributed by atoms with E-state index >= 15 is 0 Å². The Balaban J connectivity index is 1.93. The Morgan fingerprint density at radius 1 is 1.24 bits per heavy atom. The lowest BCUT2D eigenvalue weighted by Crippen LogP contribution is -2.76. The molecule has 4 rings (SSSR count). The number of rotatable bonds is 5. The molecule has 3 heterocycles. The highest BCUT2D eigenvalue weighted by atomic mass is 32.1. The molecule has 0 radical (unpaired) electrons. The Morgan fingerprint density at radius 2 is 2.10 bits per heavy atom. The first kappa shape index (κ1) is 18.9. The molecule has 7 nitrogen and oxygen atoms in total. The normalized spacial score (nSPS) is 14.8. The maximum atomic E-state index is 11.9. The molecule has 8 heteroatoms. The van der Waals surface area contributed by atoms with Gasteiger partial charge in [0.25, 0.3) is 0 Å². The van der Waals surface area contributed by atoms with Crippen molar-refractivity contribution < 1.29 is 10.1 Å². The standard InChI is InChI=1S/C21H18N6OS/c1-12(22)17(16-8-3-4-9-23-16)21-26-18(19(29-21)20-24-11-25-27-20)15-7-5-6-14(10-15)13(2)28/h3-11,22-23H,1-2H3,(H,24,25,27)/p+1. The van der Waals surface area contributed by atoms with E-state index in [2.05, 4.69) is 15.2 Å². The van der Waals surface area contributed by atoms with E-state index in [1.54, 1.807) is 19.9 Å². The lowest BCUT2D eigenvalue weighted by molar-refractivity contribution is -0.529. The van der Waals surface area contributed by atoms with Crippen molar-refractivity contribution in [3.63, 3.8) is 0 Å². The van der Waals surface area contributed by atoms with Crippen LogP contribution in [-0.4, -0.2) is 31.7 Å². The molecule has 4 N–H and O–H groups in total. The molecule has 0 fully saturated rings. The van der Waals surface area contributed by atoms with Crippen LogP contribution in [-0.2, 0) is 0 Å². The van der Waals surface area contributed by atoms with Crippen LogP contribution in [0.4, 0.5) is 0 Å². The van der Waals surface area contributed by atoms with Crippen LogP contribution >= 0.6 is 11.3 Å². The SMILES string of the molecule is CC(=N)C(=C1C=CC=C[NH2+]1)c1nc(-c2cccc(C(C)=O)c2)c(-c2ncn[nH]2)s1. The largest absolute Gasteiger partial charge is 0.305 e. The Kier molecular flexibility index (Phi) is 5.11. The van der Waals surface area contributed by atoms with Gasteiger partial charge in [0.05, 0.1) is 22.3 Å². The lowest BCUT2D eigenvalue weighted by Gasteiger charge is -2.07. The fourth-order valence-electron chi connectivity index (χ4n) is 3.09. The summed E-state index contributed by atoms with van der Waals surface area (Å²) in [6.45, 7) is 3.30. The maximum Gasteiger partial charge on any atom is 0.167 e. The molecule has 0 unspecified atom stereocenters. The van der Waals surface area contributed by atoms with Gasteiger partial charge in [0, 0.05) is 22.9 Å². The van der Waals surface area contributed by atoms with E-state index in [4.69, 9.17) is 10.4 Å². The molecule has 0 saturated carbocycles. The summed E-state index contributed by atoms with van der Waals surface area (Å²) in [6.07, 6.45) is 9.26. The molecule has 0 spiro atoms. The van der Waals surface area contributed by atoms with Crippen LogP contribution in [0.15, 0.2) is 60.7 Å². The molecule has 3 aromatic rings. The fourth-order valence-corrected chi connectivity index (χ4v) is 4.25. The van der Waals surface area contributed by atoms with Crippen molar-refractivity contribution in [3.05, 3.63) is 71.3 Å². The van der Waals surface area contributed by atoms with Gasteiger partial charge >= 0.3 is 0 Å². The number of hydrogen-bond donors (Lipinski definition) is 3. The van der Waals surface area contributed by atoms with Crippen molar-refractivity contribution in [1.82, 2.24) is 20.2 Å². The second-order valence-electron chi connectivity index (χ2n) is 6.53. The number of hydrogen-bond acceptors (Lipinski definition) is 6. The zero-order valence-corrected chi connectivity index (χ0v) is 16.7. The number of quaternary nitrogens is 1. The molecular formula is C21H19N6OS+. The van der Waals surface area contributed by atoms with Crippen LogP contribution in [0.3, 0.4) is 0 Å². The van der Waals surface area contributed by atoms with Crippen LogP contribution in [0.5, 0.6) is 0 Å². The van der Waals surface area contributed by atoms with E-state index in [0.29, 0.717) is 22.8 Å². The zero-order valence-electron chi connectivity index (χ0n) is 15.9. The van der Waals surface area contributed by atoms with Gasteiger partial charge in [-0.05, 0) is 26.0 Å². The molecule has 144 valence electrons. The van der Waals surface area contributed by atoms with Crippen molar-refractivity contribution >= 4 is 28.4 Å². The maximum absolute atomic E-state index is 11.9. The Bertz CT molecular complexity index is 1180. The van der Waals surface area contributed by atoms with E-state index in [1.807, 2.05) is 47.9 Å². The molecule has 1 aliphatic heterocycles. The number of nitrogens with two attached hydrogens (primary N) is 1. The van der Waals surface area contributed by atoms with Gasteiger partial charge in [0.1, 0.15) is 17.0 Å². The zero-order chi connectivity index (χ0) is 20.4. The number of nitrogens with one attached hydrogen (secondary N) is 2. The van der Waals surface area contributed by atoms with Crippen LogP contribution in [0.1, 0.15) is 29.2 Å². The molecule has 0 aliphatic carbocycles. The van der Waals surface area contributed by atoms with Crippen molar-refractivity contribution in [3.8, 4) is 22.0 Å².